The number of benzene rings is 1. The van der Waals surface area contributed by atoms with Gasteiger partial charge >= 0.3 is 5.97 Å². The molecule has 0 saturated heterocycles. The normalized spacial score (nSPS) is 10.6. The molecule has 0 spiro atoms. The standard InChI is InChI=1S/C13H13ClN2O2/c1-2-3-8-4-6-9(7-5-8)11-10(13(17)18)12(14)16-15-11/h4-7H,2-3H2,1H3,(H,15,16)(H,17,18). The largest absolute Gasteiger partial charge is 0.478 e. The van der Waals surface area contributed by atoms with Gasteiger partial charge in [-0.1, -0.05) is 49.2 Å². The first-order valence-electron chi connectivity index (χ1n) is 5.70. The van der Waals surface area contributed by atoms with Crippen molar-refractivity contribution < 1.29 is 9.90 Å². The number of aromatic amines is 1. The Labute approximate surface area is 110 Å². The summed E-state index contributed by atoms with van der Waals surface area (Å²) in [5, 5.41) is 15.6. The second kappa shape index (κ2) is 5.23. The van der Waals surface area contributed by atoms with E-state index in [0.29, 0.717) is 5.69 Å². The Morgan fingerprint density at radius 1 is 1.39 bits per heavy atom. The maximum absolute atomic E-state index is 11.1. The lowest BCUT2D eigenvalue weighted by Crippen LogP contribution is -1.98. The summed E-state index contributed by atoms with van der Waals surface area (Å²) in [4.78, 5) is 11.1. The third-order valence-electron chi connectivity index (χ3n) is 2.70. The van der Waals surface area contributed by atoms with E-state index < -0.39 is 5.97 Å². The number of carboxylic acids is 1. The van der Waals surface area contributed by atoms with Crippen LogP contribution in [0.15, 0.2) is 24.3 Å². The van der Waals surface area contributed by atoms with E-state index in [9.17, 15) is 4.79 Å². The highest BCUT2D eigenvalue weighted by atomic mass is 35.5. The second-order valence-corrected chi connectivity index (χ2v) is 4.39. The zero-order valence-corrected chi connectivity index (χ0v) is 10.7. The zero-order chi connectivity index (χ0) is 13.1. The first kappa shape index (κ1) is 12.6. The maximum Gasteiger partial charge on any atom is 0.341 e. The topological polar surface area (TPSA) is 66.0 Å². The Hall–Kier alpha value is -1.81. The highest BCUT2D eigenvalue weighted by Gasteiger charge is 2.19. The van der Waals surface area contributed by atoms with Crippen LogP contribution in [0.4, 0.5) is 0 Å². The van der Waals surface area contributed by atoms with Crippen molar-refractivity contribution in [2.75, 3.05) is 0 Å². The number of halogens is 1. The minimum Gasteiger partial charge on any atom is -0.478 e. The molecule has 2 aromatic rings. The molecule has 2 N–H and O–H groups in total. The molecule has 0 radical (unpaired) electrons. The van der Waals surface area contributed by atoms with Gasteiger partial charge in [0.25, 0.3) is 0 Å². The molecule has 1 heterocycles. The number of nitrogens with one attached hydrogen (secondary N) is 1. The molecule has 0 saturated carbocycles. The van der Waals surface area contributed by atoms with Crippen molar-refractivity contribution in [3.8, 4) is 11.3 Å². The summed E-state index contributed by atoms with van der Waals surface area (Å²) in [6.45, 7) is 2.12. The molecule has 0 bridgehead atoms. The van der Waals surface area contributed by atoms with Gasteiger partial charge < -0.3 is 5.11 Å². The lowest BCUT2D eigenvalue weighted by atomic mass is 10.0. The van der Waals surface area contributed by atoms with Crippen molar-refractivity contribution >= 4 is 17.6 Å². The third kappa shape index (κ3) is 2.38. The lowest BCUT2D eigenvalue weighted by molar-refractivity contribution is 0.0698. The number of carbonyl (C=O) groups is 1. The number of aromatic carboxylic acids is 1. The van der Waals surface area contributed by atoms with Gasteiger partial charge in [0.2, 0.25) is 0 Å². The molecule has 5 heteroatoms. The molecular weight excluding hydrogens is 252 g/mol. The SMILES string of the molecule is CCCc1ccc(-c2n[nH]c(Cl)c2C(=O)O)cc1. The predicted molar refractivity (Wildman–Crippen MR) is 70.0 cm³/mol. The van der Waals surface area contributed by atoms with E-state index in [0.717, 1.165) is 18.4 Å². The van der Waals surface area contributed by atoms with Crippen LogP contribution >= 0.6 is 11.6 Å². The minimum absolute atomic E-state index is 0.0138. The summed E-state index contributed by atoms with van der Waals surface area (Å²) in [5.41, 5.74) is 2.35. The summed E-state index contributed by atoms with van der Waals surface area (Å²) >= 11 is 5.77. The number of rotatable bonds is 4. The molecule has 0 atom stereocenters. The summed E-state index contributed by atoms with van der Waals surface area (Å²) in [6, 6.07) is 7.69. The van der Waals surface area contributed by atoms with Crippen molar-refractivity contribution in [2.24, 2.45) is 0 Å². The molecule has 0 amide bonds. The Morgan fingerprint density at radius 3 is 2.61 bits per heavy atom. The van der Waals surface area contributed by atoms with E-state index in [1.54, 1.807) is 0 Å². The highest BCUT2D eigenvalue weighted by molar-refractivity contribution is 6.33. The fraction of sp³-hybridized carbons (Fsp3) is 0.231. The number of nitrogens with zero attached hydrogens (tertiary/aromatic N) is 1. The minimum atomic E-state index is -1.08. The third-order valence-corrected chi connectivity index (χ3v) is 2.98. The van der Waals surface area contributed by atoms with E-state index in [-0.39, 0.29) is 10.7 Å². The van der Waals surface area contributed by atoms with Crippen LogP contribution in [0, 0.1) is 0 Å². The molecule has 0 unspecified atom stereocenters. The van der Waals surface area contributed by atoms with Gasteiger partial charge in [-0.3, -0.25) is 5.10 Å². The van der Waals surface area contributed by atoms with E-state index in [2.05, 4.69) is 17.1 Å². The molecule has 0 aliphatic heterocycles. The summed E-state index contributed by atoms with van der Waals surface area (Å²) < 4.78 is 0. The van der Waals surface area contributed by atoms with Crippen LogP contribution in [0.3, 0.4) is 0 Å². The first-order chi connectivity index (χ1) is 8.63. The molecule has 18 heavy (non-hydrogen) atoms. The molecule has 4 nitrogen and oxygen atoms in total. The monoisotopic (exact) mass is 264 g/mol. The van der Waals surface area contributed by atoms with Crippen molar-refractivity contribution in [1.82, 2.24) is 10.2 Å². The average Bonchev–Trinajstić information content (AvgIpc) is 2.73. The van der Waals surface area contributed by atoms with Crippen molar-refractivity contribution in [3.05, 3.63) is 40.5 Å². The summed E-state index contributed by atoms with van der Waals surface area (Å²) in [7, 11) is 0. The Balaban J connectivity index is 2.40. The molecule has 0 aliphatic rings. The van der Waals surface area contributed by atoms with Crippen molar-refractivity contribution in [2.45, 2.75) is 19.8 Å². The first-order valence-corrected chi connectivity index (χ1v) is 6.07. The molecule has 0 fully saturated rings. The van der Waals surface area contributed by atoms with Crippen LogP contribution in [0.1, 0.15) is 29.3 Å². The van der Waals surface area contributed by atoms with E-state index in [1.165, 1.54) is 5.56 Å². The Morgan fingerprint density at radius 2 is 2.06 bits per heavy atom. The molecule has 1 aromatic carbocycles. The van der Waals surface area contributed by atoms with Gasteiger partial charge in [-0.25, -0.2) is 4.79 Å². The van der Waals surface area contributed by atoms with Crippen LogP contribution in [0.5, 0.6) is 0 Å². The molecular formula is C13H13ClN2O2. The average molecular weight is 265 g/mol. The number of aryl methyl sites for hydroxylation is 1. The number of aromatic nitrogens is 2. The zero-order valence-electron chi connectivity index (χ0n) is 9.90. The molecule has 0 aliphatic carbocycles. The number of H-pyrrole nitrogens is 1. The van der Waals surface area contributed by atoms with Gasteiger partial charge in [-0.15, -0.1) is 0 Å². The fourth-order valence-electron chi connectivity index (χ4n) is 1.84. The van der Waals surface area contributed by atoms with Crippen molar-refractivity contribution in [1.29, 1.82) is 0 Å². The lowest BCUT2D eigenvalue weighted by Gasteiger charge is -2.02. The highest BCUT2D eigenvalue weighted by Crippen LogP contribution is 2.26. The van der Waals surface area contributed by atoms with Gasteiger partial charge in [0, 0.05) is 5.56 Å². The van der Waals surface area contributed by atoms with Gasteiger partial charge in [-0.2, -0.15) is 5.10 Å². The number of hydrogen-bond acceptors (Lipinski definition) is 2. The van der Waals surface area contributed by atoms with Gasteiger partial charge in [0.15, 0.2) is 0 Å². The van der Waals surface area contributed by atoms with E-state index in [4.69, 9.17) is 16.7 Å². The second-order valence-electron chi connectivity index (χ2n) is 4.01. The fourth-order valence-corrected chi connectivity index (χ4v) is 2.06. The maximum atomic E-state index is 11.1. The van der Waals surface area contributed by atoms with Crippen LogP contribution < -0.4 is 0 Å². The van der Waals surface area contributed by atoms with Gasteiger partial charge in [0.05, 0.1) is 0 Å². The molecule has 2 rings (SSSR count). The van der Waals surface area contributed by atoms with E-state index >= 15 is 0 Å². The van der Waals surface area contributed by atoms with Crippen LogP contribution in [-0.2, 0) is 6.42 Å². The number of carboxylic acid groups (broad SMARTS) is 1. The predicted octanol–water partition coefficient (Wildman–Crippen LogP) is 3.38. The molecule has 1 aromatic heterocycles. The number of hydrogen-bond donors (Lipinski definition) is 2. The van der Waals surface area contributed by atoms with Crippen LogP contribution in [0.2, 0.25) is 5.15 Å². The van der Waals surface area contributed by atoms with Crippen LogP contribution in [0.25, 0.3) is 11.3 Å². The quantitative estimate of drug-likeness (QED) is 0.890. The Kier molecular flexibility index (Phi) is 3.67. The van der Waals surface area contributed by atoms with Crippen molar-refractivity contribution in [3.63, 3.8) is 0 Å². The Bertz CT molecular complexity index is 561. The smallest absolute Gasteiger partial charge is 0.341 e. The summed E-state index contributed by atoms with van der Waals surface area (Å²) in [6.07, 6.45) is 2.08. The van der Waals surface area contributed by atoms with Gasteiger partial charge in [-0.05, 0) is 12.0 Å². The molecule has 94 valence electrons. The van der Waals surface area contributed by atoms with Gasteiger partial charge in [0.1, 0.15) is 16.4 Å². The summed E-state index contributed by atoms with van der Waals surface area (Å²) in [5.74, 6) is -1.08. The van der Waals surface area contributed by atoms with E-state index in [1.807, 2.05) is 24.3 Å². The van der Waals surface area contributed by atoms with Crippen LogP contribution in [-0.4, -0.2) is 21.3 Å².